The molecule has 0 bridgehead atoms. The van der Waals surface area contributed by atoms with E-state index in [-0.39, 0.29) is 22.4 Å². The van der Waals surface area contributed by atoms with Crippen LogP contribution in [0.3, 0.4) is 0 Å². The predicted molar refractivity (Wildman–Crippen MR) is 142 cm³/mol. The number of nitrogens with zero attached hydrogens (tertiary/aromatic N) is 2. The monoisotopic (exact) mass is 500 g/mol. The number of aromatic carboxylic acids is 1. The van der Waals surface area contributed by atoms with Crippen LogP contribution in [0.5, 0.6) is 5.88 Å². The van der Waals surface area contributed by atoms with Crippen molar-refractivity contribution < 1.29 is 29.3 Å². The van der Waals surface area contributed by atoms with Gasteiger partial charge in [0, 0.05) is 23.3 Å². The van der Waals surface area contributed by atoms with Gasteiger partial charge in [-0.25, -0.2) is 14.6 Å². The molecule has 0 aliphatic carbocycles. The Labute approximate surface area is 214 Å². The molecule has 1 heterocycles. The van der Waals surface area contributed by atoms with E-state index in [0.29, 0.717) is 38.9 Å². The number of rotatable bonds is 6. The Kier molecular flexibility index (Phi) is 7.92. The standard InChI is InChI=1S/C29H28N2O6/c1-16(18(3)29(36)37-6)15-24-19(4)31(20(5)32)27(33)25(24)26(21-10-8-7-9-11-21)30-22-12-13-23(28(34)35)17(2)14-22/h7-15,33H,4H2,1-3,5-6H3,(H,34,35)/b18-16+,24-15+,30-26?. The smallest absolute Gasteiger partial charge is 0.335 e. The number of ether oxygens (including phenoxy) is 1. The zero-order valence-electron chi connectivity index (χ0n) is 21.3. The van der Waals surface area contributed by atoms with Gasteiger partial charge in [0.05, 0.1) is 35.0 Å². The van der Waals surface area contributed by atoms with Gasteiger partial charge < -0.3 is 14.9 Å². The summed E-state index contributed by atoms with van der Waals surface area (Å²) in [5.74, 6) is -2.37. The molecule has 190 valence electrons. The molecule has 0 aliphatic rings. The first kappa shape index (κ1) is 26.9. The van der Waals surface area contributed by atoms with Gasteiger partial charge in [-0.2, -0.15) is 0 Å². The van der Waals surface area contributed by atoms with Crippen LogP contribution in [0.4, 0.5) is 5.69 Å². The van der Waals surface area contributed by atoms with E-state index >= 15 is 0 Å². The molecule has 0 fully saturated rings. The molecule has 0 spiro atoms. The van der Waals surface area contributed by atoms with Crippen LogP contribution in [0.2, 0.25) is 0 Å². The SMILES string of the molecule is C=c1/c(=C\C(C)=C(/C)C(=O)OC)c(C(=Nc2ccc(C(=O)O)c(C)c2)c2ccccc2)c(O)n1C(C)=O. The number of aromatic nitrogens is 1. The lowest BCUT2D eigenvalue weighted by Crippen LogP contribution is -2.32. The maximum atomic E-state index is 12.5. The van der Waals surface area contributed by atoms with E-state index in [4.69, 9.17) is 9.73 Å². The van der Waals surface area contributed by atoms with Crippen molar-refractivity contribution in [3.05, 3.63) is 92.5 Å². The number of hydrogen-bond acceptors (Lipinski definition) is 6. The van der Waals surface area contributed by atoms with Crippen LogP contribution in [0.15, 0.2) is 64.7 Å². The van der Waals surface area contributed by atoms with Crippen LogP contribution >= 0.6 is 0 Å². The molecule has 0 saturated carbocycles. The molecule has 0 saturated heterocycles. The minimum absolute atomic E-state index is 0.152. The molecular weight excluding hydrogens is 472 g/mol. The molecule has 8 nitrogen and oxygen atoms in total. The van der Waals surface area contributed by atoms with Crippen LogP contribution in [-0.4, -0.2) is 45.4 Å². The number of carboxylic acid groups (broad SMARTS) is 1. The topological polar surface area (TPSA) is 118 Å². The number of aryl methyl sites for hydroxylation is 1. The molecule has 0 amide bonds. The molecule has 0 aliphatic heterocycles. The summed E-state index contributed by atoms with van der Waals surface area (Å²) in [6, 6.07) is 13.7. The Morgan fingerprint density at radius 2 is 1.70 bits per heavy atom. The van der Waals surface area contributed by atoms with Crippen molar-refractivity contribution in [2.24, 2.45) is 4.99 Å². The van der Waals surface area contributed by atoms with Crippen molar-refractivity contribution in [2.75, 3.05) is 7.11 Å². The maximum absolute atomic E-state index is 12.5. The van der Waals surface area contributed by atoms with Gasteiger partial charge in [0.2, 0.25) is 11.8 Å². The second kappa shape index (κ2) is 10.9. The molecule has 2 N–H and O–H groups in total. The van der Waals surface area contributed by atoms with E-state index in [1.807, 2.05) is 18.2 Å². The highest BCUT2D eigenvalue weighted by Crippen LogP contribution is 2.24. The van der Waals surface area contributed by atoms with Gasteiger partial charge in [0.15, 0.2) is 0 Å². The minimum atomic E-state index is -1.05. The summed E-state index contributed by atoms with van der Waals surface area (Å²) < 4.78 is 5.91. The molecular formula is C29H28N2O6. The summed E-state index contributed by atoms with van der Waals surface area (Å²) in [6.45, 7) is 10.3. The van der Waals surface area contributed by atoms with Crippen molar-refractivity contribution in [3.8, 4) is 5.88 Å². The molecule has 0 radical (unpaired) electrons. The van der Waals surface area contributed by atoms with Crippen LogP contribution in [-0.2, 0) is 9.53 Å². The number of esters is 1. The zero-order chi connectivity index (χ0) is 27.4. The first-order valence-electron chi connectivity index (χ1n) is 11.4. The van der Waals surface area contributed by atoms with E-state index < -0.39 is 17.8 Å². The van der Waals surface area contributed by atoms with Crippen LogP contribution in [0.25, 0.3) is 12.7 Å². The van der Waals surface area contributed by atoms with Crippen molar-refractivity contribution in [3.63, 3.8) is 0 Å². The van der Waals surface area contributed by atoms with Gasteiger partial charge >= 0.3 is 11.9 Å². The fraction of sp³-hybridized carbons (Fsp3) is 0.172. The Balaban J connectivity index is 2.46. The third-order valence-corrected chi connectivity index (χ3v) is 6.01. The zero-order valence-corrected chi connectivity index (χ0v) is 21.3. The molecule has 1 aromatic heterocycles. The van der Waals surface area contributed by atoms with Crippen molar-refractivity contribution in [1.29, 1.82) is 0 Å². The normalized spacial score (nSPS) is 12.8. The second-order valence-electron chi connectivity index (χ2n) is 8.49. The first-order chi connectivity index (χ1) is 17.5. The first-order valence-corrected chi connectivity index (χ1v) is 11.4. The number of aliphatic imine (C=N–C) groups is 1. The highest BCUT2D eigenvalue weighted by Gasteiger charge is 2.22. The van der Waals surface area contributed by atoms with Crippen molar-refractivity contribution >= 4 is 41.9 Å². The summed E-state index contributed by atoms with van der Waals surface area (Å²) >= 11 is 0. The Hall–Kier alpha value is -4.72. The molecule has 3 rings (SSSR count). The quantitative estimate of drug-likeness (QED) is 0.303. The third kappa shape index (κ3) is 5.43. The lowest BCUT2D eigenvalue weighted by atomic mass is 10.0. The molecule has 2 aromatic carbocycles. The number of carbonyl (C=O) groups is 3. The number of carbonyl (C=O) groups excluding carboxylic acids is 2. The van der Waals surface area contributed by atoms with Crippen LogP contribution in [0, 0.1) is 6.92 Å². The Morgan fingerprint density at radius 3 is 2.24 bits per heavy atom. The number of carboxylic acids is 1. The number of hydrogen-bond donors (Lipinski definition) is 2. The number of aromatic hydroxyl groups is 1. The average Bonchev–Trinajstić information content (AvgIpc) is 3.10. The van der Waals surface area contributed by atoms with E-state index in [2.05, 4.69) is 6.58 Å². The minimum Gasteiger partial charge on any atom is -0.494 e. The third-order valence-electron chi connectivity index (χ3n) is 6.01. The lowest BCUT2D eigenvalue weighted by molar-refractivity contribution is -0.136. The average molecular weight is 501 g/mol. The van der Waals surface area contributed by atoms with Gasteiger partial charge in [0.25, 0.3) is 0 Å². The Bertz CT molecular complexity index is 1580. The number of allylic oxidation sites excluding steroid dienone is 1. The largest absolute Gasteiger partial charge is 0.494 e. The summed E-state index contributed by atoms with van der Waals surface area (Å²) in [5, 5.41) is 21.3. The molecule has 0 unspecified atom stereocenters. The second-order valence-corrected chi connectivity index (χ2v) is 8.49. The van der Waals surface area contributed by atoms with Crippen molar-refractivity contribution in [1.82, 2.24) is 4.57 Å². The van der Waals surface area contributed by atoms with E-state index in [9.17, 15) is 24.6 Å². The predicted octanol–water partition coefficient (Wildman–Crippen LogP) is 3.73. The fourth-order valence-electron chi connectivity index (χ4n) is 3.94. The molecule has 37 heavy (non-hydrogen) atoms. The highest BCUT2D eigenvalue weighted by molar-refractivity contribution is 6.16. The summed E-state index contributed by atoms with van der Waals surface area (Å²) in [7, 11) is 1.28. The lowest BCUT2D eigenvalue weighted by Gasteiger charge is -2.09. The summed E-state index contributed by atoms with van der Waals surface area (Å²) in [4.78, 5) is 40.8. The van der Waals surface area contributed by atoms with Gasteiger partial charge in [0.1, 0.15) is 0 Å². The summed E-state index contributed by atoms with van der Waals surface area (Å²) in [6.07, 6.45) is 1.65. The van der Waals surface area contributed by atoms with Gasteiger partial charge in [-0.1, -0.05) is 36.9 Å². The summed E-state index contributed by atoms with van der Waals surface area (Å²) in [5.41, 5.74) is 3.23. The number of methoxy groups -OCH3 is 1. The van der Waals surface area contributed by atoms with E-state index in [1.165, 1.54) is 20.1 Å². The van der Waals surface area contributed by atoms with Crippen LogP contribution in [0.1, 0.15) is 52.6 Å². The Morgan fingerprint density at radius 1 is 1.05 bits per heavy atom. The fourth-order valence-corrected chi connectivity index (χ4v) is 3.94. The maximum Gasteiger partial charge on any atom is 0.335 e. The molecule has 8 heteroatoms. The molecule has 0 atom stereocenters. The number of benzene rings is 2. The van der Waals surface area contributed by atoms with Gasteiger partial charge in [-0.05, 0) is 56.2 Å². The van der Waals surface area contributed by atoms with Gasteiger partial charge in [-0.3, -0.25) is 9.36 Å². The highest BCUT2D eigenvalue weighted by atomic mass is 16.5. The van der Waals surface area contributed by atoms with E-state index in [1.54, 1.807) is 51.1 Å². The van der Waals surface area contributed by atoms with Crippen LogP contribution < -0.4 is 10.6 Å². The van der Waals surface area contributed by atoms with Crippen molar-refractivity contribution in [2.45, 2.75) is 27.7 Å². The van der Waals surface area contributed by atoms with Gasteiger partial charge in [-0.15, -0.1) is 0 Å². The van der Waals surface area contributed by atoms with E-state index in [0.717, 1.165) is 4.57 Å². The molecule has 3 aromatic rings.